The predicted octanol–water partition coefficient (Wildman–Crippen LogP) is 3.09. The second kappa shape index (κ2) is 9.04. The fraction of sp³-hybridized carbons (Fsp3) is 0.833. The maximum atomic E-state index is 12.5. The van der Waals surface area contributed by atoms with Gasteiger partial charge in [-0.1, -0.05) is 18.0 Å². The molecule has 4 rings (SSSR count). The Bertz CT molecular complexity index is 574. The van der Waals surface area contributed by atoms with Crippen molar-refractivity contribution < 1.29 is 9.32 Å². The monoisotopic (exact) mass is 383 g/mol. The first-order valence-corrected chi connectivity index (χ1v) is 9.92. The van der Waals surface area contributed by atoms with Crippen LogP contribution in [0, 0.1) is 0 Å². The lowest BCUT2D eigenvalue weighted by Crippen LogP contribution is -2.45. The van der Waals surface area contributed by atoms with Crippen LogP contribution in [0.5, 0.6) is 0 Å². The third kappa shape index (κ3) is 4.31. The topological polar surface area (TPSA) is 74.5 Å². The number of hydrogen-bond donors (Lipinski definition) is 1. The van der Waals surface area contributed by atoms with Crippen molar-refractivity contribution in [2.24, 2.45) is 0 Å². The molecule has 7 nitrogen and oxygen atoms in total. The van der Waals surface area contributed by atoms with Gasteiger partial charge < -0.3 is 19.6 Å². The molecule has 0 radical (unpaired) electrons. The van der Waals surface area contributed by atoms with E-state index in [4.69, 9.17) is 9.51 Å². The summed E-state index contributed by atoms with van der Waals surface area (Å²) in [5.41, 5.74) is 0. The first-order chi connectivity index (χ1) is 12.3. The molecule has 3 saturated heterocycles. The number of halogens is 1. The van der Waals surface area contributed by atoms with Gasteiger partial charge in [-0.15, -0.1) is 12.4 Å². The zero-order chi connectivity index (χ0) is 17.1. The SMILES string of the molecule is Cl.O=C(N1CCCC1)N1CCC(c2nc(C3CCCCCN3)no2)CC1. The lowest BCUT2D eigenvalue weighted by Gasteiger charge is -2.33. The Morgan fingerprint density at radius 3 is 2.46 bits per heavy atom. The first kappa shape index (κ1) is 19.4. The molecule has 146 valence electrons. The molecule has 2 amide bonds. The van der Waals surface area contributed by atoms with E-state index >= 15 is 0 Å². The van der Waals surface area contributed by atoms with Crippen molar-refractivity contribution in [3.8, 4) is 0 Å². The number of likely N-dealkylation sites (tertiary alicyclic amines) is 2. The number of urea groups is 1. The molecule has 3 aliphatic heterocycles. The van der Waals surface area contributed by atoms with E-state index in [1.54, 1.807) is 0 Å². The van der Waals surface area contributed by atoms with Crippen molar-refractivity contribution in [1.29, 1.82) is 0 Å². The maximum Gasteiger partial charge on any atom is 0.319 e. The first-order valence-electron chi connectivity index (χ1n) is 9.92. The number of nitrogens with one attached hydrogen (secondary N) is 1. The minimum Gasteiger partial charge on any atom is -0.339 e. The van der Waals surface area contributed by atoms with E-state index in [9.17, 15) is 4.79 Å². The van der Waals surface area contributed by atoms with Crippen molar-refractivity contribution in [2.75, 3.05) is 32.7 Å². The van der Waals surface area contributed by atoms with Crippen molar-refractivity contribution in [3.05, 3.63) is 11.7 Å². The predicted molar refractivity (Wildman–Crippen MR) is 101 cm³/mol. The van der Waals surface area contributed by atoms with Crippen LogP contribution in [0.1, 0.15) is 75.0 Å². The molecule has 1 N–H and O–H groups in total. The Morgan fingerprint density at radius 1 is 0.962 bits per heavy atom. The van der Waals surface area contributed by atoms with E-state index in [2.05, 4.69) is 10.5 Å². The number of piperidine rings is 1. The molecule has 1 aromatic rings. The molecule has 4 heterocycles. The molecule has 3 aliphatic rings. The molecular formula is C18H30ClN5O2. The van der Waals surface area contributed by atoms with Gasteiger partial charge in [-0.3, -0.25) is 0 Å². The van der Waals surface area contributed by atoms with Crippen LogP contribution in [-0.4, -0.2) is 58.7 Å². The molecule has 0 saturated carbocycles. The lowest BCUT2D eigenvalue weighted by molar-refractivity contribution is 0.144. The molecule has 1 aromatic heterocycles. The minimum atomic E-state index is 0. The van der Waals surface area contributed by atoms with E-state index in [-0.39, 0.29) is 30.4 Å². The summed E-state index contributed by atoms with van der Waals surface area (Å²) in [6, 6.07) is 0.446. The minimum absolute atomic E-state index is 0. The van der Waals surface area contributed by atoms with Gasteiger partial charge in [-0.25, -0.2) is 4.79 Å². The fourth-order valence-electron chi connectivity index (χ4n) is 4.23. The Hall–Kier alpha value is -1.34. The summed E-state index contributed by atoms with van der Waals surface area (Å²) in [4.78, 5) is 21.2. The van der Waals surface area contributed by atoms with Gasteiger partial charge in [-0.05, 0) is 45.1 Å². The van der Waals surface area contributed by atoms with Crippen LogP contribution in [0.25, 0.3) is 0 Å². The van der Waals surface area contributed by atoms with E-state index in [0.29, 0.717) is 0 Å². The van der Waals surface area contributed by atoms with Crippen LogP contribution in [0.15, 0.2) is 4.52 Å². The number of carbonyl (C=O) groups excluding carboxylic acids is 1. The number of hydrogen-bond acceptors (Lipinski definition) is 5. The zero-order valence-electron chi connectivity index (χ0n) is 15.4. The molecule has 0 aliphatic carbocycles. The molecular weight excluding hydrogens is 354 g/mol. The zero-order valence-corrected chi connectivity index (χ0v) is 16.2. The van der Waals surface area contributed by atoms with Gasteiger partial charge in [-0.2, -0.15) is 4.98 Å². The normalized spacial score (nSPS) is 25.0. The summed E-state index contributed by atoms with van der Waals surface area (Å²) in [6.07, 6.45) is 8.92. The summed E-state index contributed by atoms with van der Waals surface area (Å²) >= 11 is 0. The highest BCUT2D eigenvalue weighted by Crippen LogP contribution is 2.29. The summed E-state index contributed by atoms with van der Waals surface area (Å²) in [7, 11) is 0. The third-order valence-corrected chi connectivity index (χ3v) is 5.82. The van der Waals surface area contributed by atoms with Crippen LogP contribution in [0.2, 0.25) is 0 Å². The molecule has 0 aromatic carbocycles. The number of carbonyl (C=O) groups is 1. The quantitative estimate of drug-likeness (QED) is 0.849. The van der Waals surface area contributed by atoms with Crippen molar-refractivity contribution in [2.45, 2.75) is 63.3 Å². The summed E-state index contributed by atoms with van der Waals surface area (Å²) in [5, 5.41) is 7.76. The van der Waals surface area contributed by atoms with Gasteiger partial charge in [0.1, 0.15) is 0 Å². The van der Waals surface area contributed by atoms with E-state index in [0.717, 1.165) is 76.5 Å². The Kier molecular flexibility index (Phi) is 6.75. The van der Waals surface area contributed by atoms with E-state index in [1.807, 2.05) is 9.80 Å². The molecule has 0 spiro atoms. The van der Waals surface area contributed by atoms with E-state index < -0.39 is 0 Å². The van der Waals surface area contributed by atoms with Gasteiger partial charge in [0, 0.05) is 32.1 Å². The summed E-state index contributed by atoms with van der Waals surface area (Å²) < 4.78 is 5.58. The van der Waals surface area contributed by atoms with Crippen LogP contribution in [0.4, 0.5) is 4.79 Å². The second-order valence-electron chi connectivity index (χ2n) is 7.58. The smallest absolute Gasteiger partial charge is 0.319 e. The number of nitrogens with zero attached hydrogens (tertiary/aromatic N) is 4. The number of rotatable bonds is 2. The molecule has 1 unspecified atom stereocenters. The average molecular weight is 384 g/mol. The van der Waals surface area contributed by atoms with E-state index in [1.165, 1.54) is 19.3 Å². The average Bonchev–Trinajstić information content (AvgIpc) is 3.29. The molecule has 1 atom stereocenters. The van der Waals surface area contributed by atoms with Gasteiger partial charge in [0.15, 0.2) is 5.82 Å². The van der Waals surface area contributed by atoms with Crippen molar-refractivity contribution >= 4 is 18.4 Å². The Balaban J connectivity index is 0.00000196. The Morgan fingerprint density at radius 2 is 1.69 bits per heavy atom. The second-order valence-corrected chi connectivity index (χ2v) is 7.58. The number of amides is 2. The van der Waals surface area contributed by atoms with Crippen LogP contribution < -0.4 is 5.32 Å². The van der Waals surface area contributed by atoms with Crippen molar-refractivity contribution in [1.82, 2.24) is 25.3 Å². The van der Waals surface area contributed by atoms with Gasteiger partial charge in [0.05, 0.1) is 6.04 Å². The third-order valence-electron chi connectivity index (χ3n) is 5.82. The summed E-state index contributed by atoms with van der Waals surface area (Å²) in [5.74, 6) is 1.86. The van der Waals surface area contributed by atoms with Gasteiger partial charge >= 0.3 is 6.03 Å². The fourth-order valence-corrected chi connectivity index (χ4v) is 4.23. The highest BCUT2D eigenvalue weighted by Gasteiger charge is 2.31. The molecule has 0 bridgehead atoms. The molecule has 8 heteroatoms. The van der Waals surface area contributed by atoms with Crippen LogP contribution in [-0.2, 0) is 0 Å². The maximum absolute atomic E-state index is 12.5. The van der Waals surface area contributed by atoms with Gasteiger partial charge in [0.2, 0.25) is 5.89 Å². The van der Waals surface area contributed by atoms with Crippen molar-refractivity contribution in [3.63, 3.8) is 0 Å². The number of aromatic nitrogens is 2. The van der Waals surface area contributed by atoms with Crippen LogP contribution >= 0.6 is 12.4 Å². The Labute approximate surface area is 161 Å². The summed E-state index contributed by atoms with van der Waals surface area (Å²) in [6.45, 7) is 4.45. The van der Waals surface area contributed by atoms with Gasteiger partial charge in [0.25, 0.3) is 0 Å². The van der Waals surface area contributed by atoms with Crippen LogP contribution in [0.3, 0.4) is 0 Å². The standard InChI is InChI=1S/C18H29N5O2.ClH/c24-18(22-10-4-5-11-22)23-12-7-14(8-13-23)17-20-16(21-25-17)15-6-2-1-3-9-19-15;/h14-15,19H,1-13H2;1H. The highest BCUT2D eigenvalue weighted by molar-refractivity contribution is 5.85. The molecule has 3 fully saturated rings. The highest BCUT2D eigenvalue weighted by atomic mass is 35.5. The largest absolute Gasteiger partial charge is 0.339 e. The molecule has 26 heavy (non-hydrogen) atoms. The lowest BCUT2D eigenvalue weighted by atomic mass is 9.97.